The van der Waals surface area contributed by atoms with E-state index in [2.05, 4.69) is 25.6 Å². The minimum absolute atomic E-state index is 0.0380. The van der Waals surface area contributed by atoms with Gasteiger partial charge in [0.15, 0.2) is 41.0 Å². The van der Waals surface area contributed by atoms with E-state index >= 15 is 0 Å². The molecule has 67 heavy (non-hydrogen) atoms. The molecule has 0 fully saturated rings. The summed E-state index contributed by atoms with van der Waals surface area (Å²) in [6, 6.07) is 11.3. The van der Waals surface area contributed by atoms with Gasteiger partial charge in [0, 0.05) is 38.9 Å². The molecular weight excluding hydrogens is 865 g/mol. The summed E-state index contributed by atoms with van der Waals surface area (Å²) in [6.07, 6.45) is 1.36. The number of carbonyl (C=O) groups is 6. The molecule has 21 nitrogen and oxygen atoms in total. The maximum Gasteiger partial charge on any atom is 0.255 e. The fraction of sp³-hybridized carbons (Fsp3) is 0.413. The SMILES string of the molecule is COc1ccc(CC(=O)[C@@H](CCCN=C(N)N)NC(=O)c2cc(CC(=O)[C@@H](CCCN=C(N)N)NC(=O)c3cc(CC(=O)[C@H](N)CCCN=C(N)N)ccc3OC)ccc2OC)cc1C(C)=O. The molecule has 0 aliphatic heterocycles. The Labute approximate surface area is 389 Å². The van der Waals surface area contributed by atoms with Crippen LogP contribution in [0.2, 0.25) is 0 Å². The fourth-order valence-corrected chi connectivity index (χ4v) is 6.99. The highest BCUT2D eigenvalue weighted by Crippen LogP contribution is 2.25. The van der Waals surface area contributed by atoms with E-state index in [0.717, 1.165) is 0 Å². The van der Waals surface area contributed by atoms with E-state index in [1.54, 1.807) is 36.4 Å². The Morgan fingerprint density at radius 1 is 0.507 bits per heavy atom. The van der Waals surface area contributed by atoms with Gasteiger partial charge in [0.2, 0.25) is 0 Å². The number of hydrogen-bond acceptors (Lipinski definition) is 13. The summed E-state index contributed by atoms with van der Waals surface area (Å²) in [5.41, 5.74) is 40.7. The number of Topliss-reactive ketones (excluding diaryl/α,β-unsaturated/α-hetero) is 4. The smallest absolute Gasteiger partial charge is 0.255 e. The van der Waals surface area contributed by atoms with Gasteiger partial charge in [-0.15, -0.1) is 0 Å². The zero-order valence-corrected chi connectivity index (χ0v) is 38.5. The Balaban J connectivity index is 1.88. The van der Waals surface area contributed by atoms with E-state index in [1.807, 2.05) is 0 Å². The summed E-state index contributed by atoms with van der Waals surface area (Å²) in [7, 11) is 4.20. The maximum atomic E-state index is 14.1. The second-order valence-corrected chi connectivity index (χ2v) is 15.6. The van der Waals surface area contributed by atoms with Gasteiger partial charge >= 0.3 is 0 Å². The molecule has 3 aromatic carbocycles. The topological polar surface area (TPSA) is 373 Å². The van der Waals surface area contributed by atoms with Gasteiger partial charge in [-0.05, 0) is 98.5 Å². The van der Waals surface area contributed by atoms with Crippen LogP contribution in [0.15, 0.2) is 69.6 Å². The molecular formula is C46H64N12O9. The van der Waals surface area contributed by atoms with Crippen LogP contribution in [0.25, 0.3) is 0 Å². The van der Waals surface area contributed by atoms with Crippen molar-refractivity contribution in [2.24, 2.45) is 55.1 Å². The standard InChI is InChI=1S/C46H64N12O9/c1-26(59)30-20-27(11-14-39(30)65-2)24-37(61)34(9-6-18-55-45(50)51)57-43(64)32-22-29(13-16-41(32)67-4)25-38(62)35(10-7-19-56-46(52)53)58-42(63)31-21-28(12-15-40(31)66-3)23-36(60)33(47)8-5-17-54-44(48)49/h11-16,20-22,33-35H,5-10,17-19,23-25,47H2,1-4H3,(H,57,64)(H,58,63)(H4,48,49,54)(H4,50,51,55)(H4,52,53,56)/t33-,34-,35-/m1/s1. The van der Waals surface area contributed by atoms with Crippen molar-refractivity contribution in [3.63, 3.8) is 0 Å². The van der Waals surface area contributed by atoms with E-state index < -0.39 is 35.7 Å². The molecule has 0 radical (unpaired) electrons. The number of amides is 2. The first kappa shape index (κ1) is 53.8. The number of rotatable bonds is 29. The molecule has 0 saturated carbocycles. The number of nitrogens with two attached hydrogens (primary N) is 7. The summed E-state index contributed by atoms with van der Waals surface area (Å²) in [5, 5.41) is 5.63. The number of methoxy groups -OCH3 is 3. The summed E-state index contributed by atoms with van der Waals surface area (Å²) >= 11 is 0. The molecule has 0 bridgehead atoms. The number of ketones is 4. The lowest BCUT2D eigenvalue weighted by molar-refractivity contribution is -0.121. The lowest BCUT2D eigenvalue weighted by Gasteiger charge is -2.20. The lowest BCUT2D eigenvalue weighted by Crippen LogP contribution is -2.42. The number of benzene rings is 3. The molecule has 0 aromatic heterocycles. The summed E-state index contributed by atoms with van der Waals surface area (Å²) in [5.74, 6) is -2.17. The van der Waals surface area contributed by atoms with Crippen LogP contribution < -0.4 is 65.0 Å². The molecule has 3 atom stereocenters. The predicted molar refractivity (Wildman–Crippen MR) is 255 cm³/mol. The first-order valence-electron chi connectivity index (χ1n) is 21.5. The largest absolute Gasteiger partial charge is 0.496 e. The van der Waals surface area contributed by atoms with E-state index in [4.69, 9.17) is 54.3 Å². The first-order chi connectivity index (χ1) is 31.9. The highest BCUT2D eigenvalue weighted by atomic mass is 16.5. The molecule has 21 heteroatoms. The number of nitrogens with one attached hydrogen (secondary N) is 2. The number of nitrogens with zero attached hydrogens (tertiary/aromatic N) is 3. The number of ether oxygens (including phenoxy) is 3. The van der Waals surface area contributed by atoms with E-state index in [9.17, 15) is 28.8 Å². The average Bonchev–Trinajstić information content (AvgIpc) is 3.29. The summed E-state index contributed by atoms with van der Waals surface area (Å²) in [6.45, 7) is 2.08. The van der Waals surface area contributed by atoms with Crippen LogP contribution in [-0.4, -0.2) is 112 Å². The zero-order valence-electron chi connectivity index (χ0n) is 38.5. The number of aliphatic imine (C=N–C) groups is 3. The Bertz CT molecular complexity index is 2320. The predicted octanol–water partition coefficient (Wildman–Crippen LogP) is 0.335. The van der Waals surface area contributed by atoms with Crippen molar-refractivity contribution in [1.82, 2.24) is 10.6 Å². The molecule has 362 valence electrons. The molecule has 0 aliphatic carbocycles. The maximum absolute atomic E-state index is 14.1. The van der Waals surface area contributed by atoms with Crippen molar-refractivity contribution in [1.29, 1.82) is 0 Å². The third-order valence-corrected chi connectivity index (χ3v) is 10.5. The van der Waals surface area contributed by atoms with Crippen LogP contribution in [-0.2, 0) is 33.6 Å². The van der Waals surface area contributed by atoms with Crippen LogP contribution in [0.3, 0.4) is 0 Å². The highest BCUT2D eigenvalue weighted by Gasteiger charge is 2.27. The summed E-state index contributed by atoms with van der Waals surface area (Å²) in [4.78, 5) is 93.1. The van der Waals surface area contributed by atoms with E-state index in [-0.39, 0.29) is 103 Å². The van der Waals surface area contributed by atoms with Crippen molar-refractivity contribution in [3.8, 4) is 17.2 Å². The third-order valence-electron chi connectivity index (χ3n) is 10.5. The molecule has 0 heterocycles. The molecule has 2 amide bonds. The van der Waals surface area contributed by atoms with Crippen LogP contribution in [0.1, 0.15) is 93.2 Å². The Morgan fingerprint density at radius 2 is 0.836 bits per heavy atom. The average molecular weight is 929 g/mol. The molecule has 16 N–H and O–H groups in total. The summed E-state index contributed by atoms with van der Waals surface area (Å²) < 4.78 is 16.3. The first-order valence-corrected chi connectivity index (χ1v) is 21.5. The van der Waals surface area contributed by atoms with E-state index in [0.29, 0.717) is 60.2 Å². The van der Waals surface area contributed by atoms with Crippen molar-refractivity contribution in [2.75, 3.05) is 41.0 Å². The van der Waals surface area contributed by atoms with Gasteiger partial charge in [0.1, 0.15) is 17.2 Å². The van der Waals surface area contributed by atoms with Crippen LogP contribution in [0, 0.1) is 0 Å². The highest BCUT2D eigenvalue weighted by molar-refractivity contribution is 6.02. The van der Waals surface area contributed by atoms with Crippen LogP contribution in [0.4, 0.5) is 0 Å². The monoisotopic (exact) mass is 928 g/mol. The van der Waals surface area contributed by atoms with Gasteiger partial charge in [-0.1, -0.05) is 18.2 Å². The van der Waals surface area contributed by atoms with Crippen molar-refractivity contribution < 1.29 is 43.0 Å². The zero-order chi connectivity index (χ0) is 49.6. The van der Waals surface area contributed by atoms with Crippen molar-refractivity contribution >= 4 is 52.8 Å². The fourth-order valence-electron chi connectivity index (χ4n) is 6.99. The Hall–Kier alpha value is -7.55. The second-order valence-electron chi connectivity index (χ2n) is 15.6. The lowest BCUT2D eigenvalue weighted by atomic mass is 9.96. The van der Waals surface area contributed by atoms with E-state index in [1.165, 1.54) is 46.5 Å². The molecule has 0 aliphatic rings. The number of carbonyl (C=O) groups excluding carboxylic acids is 6. The molecule has 0 saturated heterocycles. The van der Waals surface area contributed by atoms with Gasteiger partial charge < -0.3 is 65.0 Å². The van der Waals surface area contributed by atoms with Crippen molar-refractivity contribution in [2.45, 2.75) is 82.8 Å². The quantitative estimate of drug-likeness (QED) is 0.0196. The van der Waals surface area contributed by atoms with Gasteiger partial charge in [-0.2, -0.15) is 0 Å². The van der Waals surface area contributed by atoms with Gasteiger partial charge in [0.25, 0.3) is 11.8 Å². The van der Waals surface area contributed by atoms with Gasteiger partial charge in [0.05, 0.1) is 56.1 Å². The minimum atomic E-state index is -1.07. The number of guanidine groups is 3. The van der Waals surface area contributed by atoms with Gasteiger partial charge in [-0.3, -0.25) is 43.7 Å². The normalized spacial score (nSPS) is 12.0. The third kappa shape index (κ3) is 17.7. The molecule has 0 spiro atoms. The Morgan fingerprint density at radius 3 is 1.18 bits per heavy atom. The molecule has 0 unspecified atom stereocenters. The second kappa shape index (κ2) is 27.0. The van der Waals surface area contributed by atoms with Gasteiger partial charge in [-0.25, -0.2) is 0 Å². The van der Waals surface area contributed by atoms with Crippen LogP contribution in [0.5, 0.6) is 17.2 Å². The number of hydrogen-bond donors (Lipinski definition) is 9. The molecule has 3 rings (SSSR count). The Kier molecular flexibility index (Phi) is 21.7. The van der Waals surface area contributed by atoms with Crippen LogP contribution >= 0.6 is 0 Å². The van der Waals surface area contributed by atoms with Crippen molar-refractivity contribution in [3.05, 3.63) is 88.0 Å². The minimum Gasteiger partial charge on any atom is -0.496 e. The molecule has 3 aromatic rings.